The molecule has 0 fully saturated rings. The lowest BCUT2D eigenvalue weighted by molar-refractivity contribution is 0.0698. The van der Waals surface area contributed by atoms with Gasteiger partial charge in [0.2, 0.25) is 0 Å². The Morgan fingerprint density at radius 1 is 1.14 bits per heavy atom. The number of halogens is 2. The fourth-order valence-corrected chi connectivity index (χ4v) is 4.65. The topological polar surface area (TPSA) is 41.4 Å². The van der Waals surface area contributed by atoms with Crippen LogP contribution in [-0.4, -0.2) is 33.6 Å². The van der Waals surface area contributed by atoms with Crippen LogP contribution in [-0.2, 0) is 6.42 Å². The molecule has 0 aliphatic carbocycles. The molecule has 3 rings (SSSR count). The van der Waals surface area contributed by atoms with Gasteiger partial charge in [0.05, 0.1) is 10.7 Å². The number of hydrogen-bond acceptors (Lipinski definition) is 3. The zero-order valence-electron chi connectivity index (χ0n) is 17.2. The third-order valence-electron chi connectivity index (χ3n) is 5.62. The summed E-state index contributed by atoms with van der Waals surface area (Å²) in [5, 5.41) is 1.13. The largest absolute Gasteiger partial charge is 0.319 e. The van der Waals surface area contributed by atoms with Crippen molar-refractivity contribution in [2.24, 2.45) is 0 Å². The smallest absolute Gasteiger partial charge is 0.275 e. The maximum Gasteiger partial charge on any atom is 0.275 e. The van der Waals surface area contributed by atoms with Crippen molar-refractivity contribution in [1.82, 2.24) is 14.5 Å². The van der Waals surface area contributed by atoms with Crippen LogP contribution >= 0.6 is 23.2 Å². The second kappa shape index (κ2) is 8.34. The van der Waals surface area contributed by atoms with Crippen LogP contribution in [0.25, 0.3) is 0 Å². The molecule has 28 heavy (non-hydrogen) atoms. The number of nitrogens with zero attached hydrogens (tertiary/aromatic N) is 4. The number of anilines is 2. The molecule has 152 valence electrons. The summed E-state index contributed by atoms with van der Waals surface area (Å²) in [6.45, 7) is 8.45. The normalized spacial score (nSPS) is 16.9. The third-order valence-corrected chi connectivity index (χ3v) is 6.16. The van der Waals surface area contributed by atoms with E-state index < -0.39 is 0 Å². The second-order valence-electron chi connectivity index (χ2n) is 7.16. The van der Waals surface area contributed by atoms with Crippen molar-refractivity contribution in [1.29, 1.82) is 0 Å². The Morgan fingerprint density at radius 3 is 2.36 bits per heavy atom. The van der Waals surface area contributed by atoms with Gasteiger partial charge in [-0.1, -0.05) is 50.9 Å². The first kappa shape index (κ1) is 21.0. The van der Waals surface area contributed by atoms with Crippen molar-refractivity contribution in [3.8, 4) is 0 Å². The van der Waals surface area contributed by atoms with E-state index in [0.717, 1.165) is 37.2 Å². The molecule has 0 saturated carbocycles. The predicted octanol–water partition coefficient (Wildman–Crippen LogP) is 6.07. The standard InChI is InChI=1S/C21H28Cl2N4O/c1-6-14(7-2)26-17(8-3)24-20-19(26)21(28)25(5)18(9-4)27(20)16-11-10-13(22)12-15(16)23/h10-12,14,18H,6-9H2,1-5H3. The number of amides is 1. The Hall–Kier alpha value is -1.72. The lowest BCUT2D eigenvalue weighted by Crippen LogP contribution is -2.52. The summed E-state index contributed by atoms with van der Waals surface area (Å²) in [5.41, 5.74) is 1.47. The van der Waals surface area contributed by atoms with Crippen LogP contribution in [0.4, 0.5) is 11.5 Å². The first-order valence-electron chi connectivity index (χ1n) is 10.0. The first-order valence-corrected chi connectivity index (χ1v) is 10.8. The minimum Gasteiger partial charge on any atom is -0.319 e. The van der Waals surface area contributed by atoms with Gasteiger partial charge in [0.15, 0.2) is 11.5 Å². The lowest BCUT2D eigenvalue weighted by atomic mass is 10.1. The van der Waals surface area contributed by atoms with Crippen LogP contribution in [0.15, 0.2) is 18.2 Å². The Balaban J connectivity index is 2.30. The average molecular weight is 423 g/mol. The molecule has 0 spiro atoms. The number of benzene rings is 1. The van der Waals surface area contributed by atoms with Crippen molar-refractivity contribution in [3.63, 3.8) is 0 Å². The van der Waals surface area contributed by atoms with E-state index in [4.69, 9.17) is 28.2 Å². The SMILES string of the molecule is CCc1nc2c(n1C(CC)CC)C(=O)N(C)C(CC)N2c1ccc(Cl)cc1Cl. The number of aryl methyl sites for hydroxylation is 1. The fourth-order valence-electron chi connectivity index (χ4n) is 4.15. The van der Waals surface area contributed by atoms with Gasteiger partial charge >= 0.3 is 0 Å². The molecule has 1 atom stereocenters. The highest BCUT2D eigenvalue weighted by atomic mass is 35.5. The molecule has 2 heterocycles. The number of fused-ring (bicyclic) bond motifs is 1. The maximum absolute atomic E-state index is 13.4. The van der Waals surface area contributed by atoms with Gasteiger partial charge in [-0.25, -0.2) is 4.98 Å². The van der Waals surface area contributed by atoms with Crippen LogP contribution in [0.3, 0.4) is 0 Å². The van der Waals surface area contributed by atoms with Crippen LogP contribution in [0.5, 0.6) is 0 Å². The summed E-state index contributed by atoms with van der Waals surface area (Å²) < 4.78 is 2.15. The Kier molecular flexibility index (Phi) is 6.25. The van der Waals surface area contributed by atoms with Crippen molar-refractivity contribution >= 4 is 40.6 Å². The summed E-state index contributed by atoms with van der Waals surface area (Å²) in [6, 6.07) is 5.70. The van der Waals surface area contributed by atoms with E-state index >= 15 is 0 Å². The van der Waals surface area contributed by atoms with Crippen molar-refractivity contribution in [2.75, 3.05) is 11.9 Å². The molecule has 1 aromatic carbocycles. The quantitative estimate of drug-likeness (QED) is 0.566. The van der Waals surface area contributed by atoms with E-state index in [2.05, 4.69) is 37.2 Å². The van der Waals surface area contributed by atoms with Crippen molar-refractivity contribution < 1.29 is 4.79 Å². The van der Waals surface area contributed by atoms with Gasteiger partial charge in [-0.05, 0) is 37.5 Å². The minimum absolute atomic E-state index is 0.0160. The highest BCUT2D eigenvalue weighted by molar-refractivity contribution is 6.36. The number of hydrogen-bond donors (Lipinski definition) is 0. The lowest BCUT2D eigenvalue weighted by Gasteiger charge is -2.42. The molecule has 1 aliphatic heterocycles. The molecule has 5 nitrogen and oxygen atoms in total. The van der Waals surface area contributed by atoms with Gasteiger partial charge in [0.25, 0.3) is 5.91 Å². The Labute approximate surface area is 177 Å². The predicted molar refractivity (Wildman–Crippen MR) is 116 cm³/mol. The number of carbonyl (C=O) groups excluding carboxylic acids is 1. The van der Waals surface area contributed by atoms with Gasteiger partial charge in [-0.3, -0.25) is 4.79 Å². The molecule has 0 bridgehead atoms. The summed E-state index contributed by atoms with van der Waals surface area (Å²) >= 11 is 12.7. The number of rotatable bonds is 6. The Morgan fingerprint density at radius 2 is 1.82 bits per heavy atom. The molecular weight excluding hydrogens is 395 g/mol. The summed E-state index contributed by atoms with van der Waals surface area (Å²) in [5.74, 6) is 1.65. The van der Waals surface area contributed by atoms with Gasteiger partial charge < -0.3 is 14.4 Å². The minimum atomic E-state index is -0.159. The van der Waals surface area contributed by atoms with Gasteiger partial charge in [-0.2, -0.15) is 0 Å². The fraction of sp³-hybridized carbons (Fsp3) is 0.524. The molecule has 1 aromatic heterocycles. The van der Waals surface area contributed by atoms with Crippen LogP contribution in [0.2, 0.25) is 10.0 Å². The van der Waals surface area contributed by atoms with Gasteiger partial charge in [0, 0.05) is 24.5 Å². The van der Waals surface area contributed by atoms with E-state index in [1.807, 2.05) is 19.2 Å². The monoisotopic (exact) mass is 422 g/mol. The molecule has 0 radical (unpaired) electrons. The highest BCUT2D eigenvalue weighted by Crippen LogP contribution is 2.42. The second-order valence-corrected chi connectivity index (χ2v) is 8.01. The molecule has 1 unspecified atom stereocenters. The molecule has 1 aliphatic rings. The third kappa shape index (κ3) is 3.29. The first-order chi connectivity index (χ1) is 13.4. The number of aromatic nitrogens is 2. The summed E-state index contributed by atoms with van der Waals surface area (Å²) in [4.78, 5) is 22.2. The van der Waals surface area contributed by atoms with Crippen LogP contribution in [0.1, 0.15) is 69.3 Å². The maximum atomic E-state index is 13.4. The summed E-state index contributed by atoms with van der Waals surface area (Å²) in [7, 11) is 1.85. The molecule has 0 saturated heterocycles. The molecule has 1 amide bonds. The average Bonchev–Trinajstić information content (AvgIpc) is 3.05. The highest BCUT2D eigenvalue weighted by Gasteiger charge is 2.41. The zero-order chi connectivity index (χ0) is 20.6. The number of imidazole rings is 1. The van der Waals surface area contributed by atoms with Gasteiger partial charge in [-0.15, -0.1) is 0 Å². The molecule has 2 aromatic rings. The van der Waals surface area contributed by atoms with E-state index in [0.29, 0.717) is 21.6 Å². The van der Waals surface area contributed by atoms with Crippen molar-refractivity contribution in [2.45, 2.75) is 65.6 Å². The molecule has 0 N–H and O–H groups in total. The van der Waals surface area contributed by atoms with Gasteiger partial charge in [0.1, 0.15) is 12.0 Å². The van der Waals surface area contributed by atoms with Crippen molar-refractivity contribution in [3.05, 3.63) is 39.8 Å². The zero-order valence-corrected chi connectivity index (χ0v) is 18.7. The summed E-state index contributed by atoms with van der Waals surface area (Å²) in [6.07, 6.45) is 3.25. The number of carbonyl (C=O) groups is 1. The molecular formula is C21H28Cl2N4O. The van der Waals surface area contributed by atoms with E-state index in [1.54, 1.807) is 11.0 Å². The van der Waals surface area contributed by atoms with E-state index in [-0.39, 0.29) is 18.1 Å². The van der Waals surface area contributed by atoms with E-state index in [9.17, 15) is 4.79 Å². The van der Waals surface area contributed by atoms with E-state index in [1.165, 1.54) is 0 Å². The Bertz CT molecular complexity index is 876. The van der Waals surface area contributed by atoms with Crippen LogP contribution < -0.4 is 4.90 Å². The van der Waals surface area contributed by atoms with Crippen LogP contribution in [0, 0.1) is 0 Å². The molecule has 7 heteroatoms.